The zero-order valence-electron chi connectivity index (χ0n) is 20.1. The average molecular weight is 500 g/mol. The van der Waals surface area contributed by atoms with Crippen LogP contribution in [0, 0.1) is 13.8 Å². The monoisotopic (exact) mass is 499 g/mol. The van der Waals surface area contributed by atoms with Gasteiger partial charge in [0.05, 0.1) is 4.88 Å². The molecule has 0 aliphatic heterocycles. The first-order chi connectivity index (χ1) is 16.8. The zero-order valence-corrected chi connectivity index (χ0v) is 21.8. The molecule has 0 amide bonds. The fraction of sp³-hybridized carbons (Fsp3) is 0.148. The number of nitrogens with one attached hydrogen (secondary N) is 1. The van der Waals surface area contributed by atoms with Gasteiger partial charge in [-0.15, -0.1) is 11.3 Å². The van der Waals surface area contributed by atoms with Gasteiger partial charge in [0.15, 0.2) is 22.8 Å². The highest BCUT2D eigenvalue weighted by molar-refractivity contribution is 7.70. The molecule has 1 N–H and O–H groups in total. The predicted octanol–water partition coefficient (Wildman–Crippen LogP) is 6.79. The number of hydrogen-bond acceptors (Lipinski definition) is 6. The summed E-state index contributed by atoms with van der Waals surface area (Å²) in [5, 5.41) is 6.26. The number of aryl methyl sites for hydroxylation is 2. The highest BCUT2D eigenvalue weighted by Gasteiger charge is 2.16. The maximum Gasteiger partial charge on any atom is 0.174 e. The van der Waals surface area contributed by atoms with E-state index in [1.54, 1.807) is 31.0 Å². The minimum absolute atomic E-state index is 0.626. The summed E-state index contributed by atoms with van der Waals surface area (Å²) in [6.45, 7) is 7.77. The van der Waals surface area contributed by atoms with Crippen LogP contribution in [0.4, 0.5) is 11.5 Å². The molecule has 5 rings (SSSR count). The highest BCUT2D eigenvalue weighted by atomic mass is 32.1. The van der Waals surface area contributed by atoms with Gasteiger partial charge in [-0.2, -0.15) is 0 Å². The van der Waals surface area contributed by atoms with E-state index >= 15 is 0 Å². The number of imidazole rings is 1. The molecule has 176 valence electrons. The van der Waals surface area contributed by atoms with Crippen LogP contribution in [-0.2, 0) is 4.57 Å². The number of aromatic nitrogens is 4. The van der Waals surface area contributed by atoms with Crippen LogP contribution in [0.2, 0.25) is 0 Å². The molecule has 5 aromatic rings. The molecule has 0 aliphatic rings. The van der Waals surface area contributed by atoms with Gasteiger partial charge in [-0.3, -0.25) is 4.57 Å². The normalized spacial score (nSPS) is 12.0. The Labute approximate surface area is 208 Å². The van der Waals surface area contributed by atoms with Crippen molar-refractivity contribution in [1.82, 2.24) is 19.5 Å². The molecular formula is C27H26N5OPS. The van der Waals surface area contributed by atoms with Crippen LogP contribution in [0.1, 0.15) is 16.7 Å². The van der Waals surface area contributed by atoms with Crippen LogP contribution >= 0.6 is 18.5 Å². The Kier molecular flexibility index (Phi) is 6.13. The van der Waals surface area contributed by atoms with Crippen molar-refractivity contribution in [3.63, 3.8) is 0 Å². The molecular weight excluding hydrogens is 473 g/mol. The Morgan fingerprint density at radius 2 is 1.71 bits per heavy atom. The predicted molar refractivity (Wildman–Crippen MR) is 149 cm³/mol. The lowest BCUT2D eigenvalue weighted by Crippen LogP contribution is -2.04. The third-order valence-electron chi connectivity index (χ3n) is 5.86. The van der Waals surface area contributed by atoms with Gasteiger partial charge in [0.2, 0.25) is 0 Å². The summed E-state index contributed by atoms with van der Waals surface area (Å²) in [4.78, 5) is 15.3. The second-order valence-electron chi connectivity index (χ2n) is 8.84. The Morgan fingerprint density at radius 3 is 2.37 bits per heavy atom. The third kappa shape index (κ3) is 4.83. The van der Waals surface area contributed by atoms with Crippen molar-refractivity contribution in [2.24, 2.45) is 0 Å². The lowest BCUT2D eigenvalue weighted by atomic mass is 10.0. The Balaban J connectivity index is 1.58. The molecule has 2 aromatic carbocycles. The maximum atomic E-state index is 12.4. The van der Waals surface area contributed by atoms with Gasteiger partial charge >= 0.3 is 0 Å². The Hall–Kier alpha value is -3.54. The lowest BCUT2D eigenvalue weighted by molar-refractivity contribution is 0.588. The summed E-state index contributed by atoms with van der Waals surface area (Å²) in [6.07, 6.45) is 5.85. The van der Waals surface area contributed by atoms with E-state index in [0.717, 1.165) is 21.5 Å². The first-order valence-corrected chi connectivity index (χ1v) is 14.7. The molecule has 0 atom stereocenters. The standard InChI is InChI=1S/C27H26N5OPS/c1-18-7-5-8-19(2)22(18)14-15-32-17-28-24-26(29-20-10-12-21(13-11-20)34(3,4)33)30-25(31-27(24)32)23-9-6-16-35-23/h5-17H,1-4H3,(H,29,30,31). The van der Waals surface area contributed by atoms with Crippen LogP contribution < -0.4 is 10.6 Å². The SMILES string of the molecule is Cc1cccc(C)c1C=Cn1cnc2c(Nc3ccc(P(C)(C)=O)cc3)nc(-c3cccs3)nc21. The summed E-state index contributed by atoms with van der Waals surface area (Å²) in [7, 11) is -2.31. The second-order valence-corrected chi connectivity index (χ2v) is 13.0. The molecule has 3 aromatic heterocycles. The lowest BCUT2D eigenvalue weighted by Gasteiger charge is -2.11. The van der Waals surface area contributed by atoms with Crippen molar-refractivity contribution in [2.75, 3.05) is 18.6 Å². The van der Waals surface area contributed by atoms with Crippen LogP contribution in [0.15, 0.2) is 66.3 Å². The number of benzene rings is 2. The maximum absolute atomic E-state index is 12.4. The summed E-state index contributed by atoms with van der Waals surface area (Å²) in [6, 6.07) is 17.9. The van der Waals surface area contributed by atoms with Gasteiger partial charge in [-0.25, -0.2) is 15.0 Å². The topological polar surface area (TPSA) is 72.7 Å². The molecule has 3 heterocycles. The van der Waals surface area contributed by atoms with E-state index in [4.69, 9.17) is 9.97 Å². The fourth-order valence-corrected chi connectivity index (χ4v) is 5.44. The Bertz CT molecular complexity index is 1560. The molecule has 8 heteroatoms. The minimum atomic E-state index is -2.31. The van der Waals surface area contributed by atoms with Crippen molar-refractivity contribution >= 4 is 58.7 Å². The number of thiophene rings is 1. The number of anilines is 2. The van der Waals surface area contributed by atoms with Crippen molar-refractivity contribution in [1.29, 1.82) is 0 Å². The van der Waals surface area contributed by atoms with E-state index in [2.05, 4.69) is 48.4 Å². The summed E-state index contributed by atoms with van der Waals surface area (Å²) in [5.41, 5.74) is 5.86. The van der Waals surface area contributed by atoms with Crippen molar-refractivity contribution in [2.45, 2.75) is 13.8 Å². The van der Waals surface area contributed by atoms with Gasteiger partial charge in [-0.05, 0) is 85.7 Å². The van der Waals surface area contributed by atoms with E-state index in [0.29, 0.717) is 17.2 Å². The van der Waals surface area contributed by atoms with Crippen LogP contribution in [0.25, 0.3) is 34.1 Å². The van der Waals surface area contributed by atoms with Crippen LogP contribution in [0.5, 0.6) is 0 Å². The first kappa shape index (κ1) is 23.2. The highest BCUT2D eigenvalue weighted by Crippen LogP contribution is 2.35. The van der Waals surface area contributed by atoms with Gasteiger partial charge in [0.25, 0.3) is 0 Å². The van der Waals surface area contributed by atoms with Crippen molar-refractivity contribution in [3.8, 4) is 10.7 Å². The van der Waals surface area contributed by atoms with E-state index in [1.165, 1.54) is 16.7 Å². The summed E-state index contributed by atoms with van der Waals surface area (Å²) < 4.78 is 14.3. The molecule has 0 unspecified atom stereocenters. The van der Waals surface area contributed by atoms with E-state index < -0.39 is 7.14 Å². The largest absolute Gasteiger partial charge is 0.338 e. The Morgan fingerprint density at radius 1 is 0.971 bits per heavy atom. The van der Waals surface area contributed by atoms with Gasteiger partial charge in [0.1, 0.15) is 13.5 Å². The van der Waals surface area contributed by atoms with Gasteiger partial charge < -0.3 is 9.88 Å². The first-order valence-electron chi connectivity index (χ1n) is 11.2. The van der Waals surface area contributed by atoms with Gasteiger partial charge in [-0.1, -0.05) is 24.3 Å². The third-order valence-corrected chi connectivity index (χ3v) is 8.27. The second kappa shape index (κ2) is 9.25. The summed E-state index contributed by atoms with van der Waals surface area (Å²) in [5.74, 6) is 1.27. The smallest absolute Gasteiger partial charge is 0.174 e. The number of hydrogen-bond donors (Lipinski definition) is 1. The molecule has 0 saturated heterocycles. The zero-order chi connectivity index (χ0) is 24.6. The quantitative estimate of drug-likeness (QED) is 0.260. The number of fused-ring (bicyclic) bond motifs is 1. The van der Waals surface area contributed by atoms with E-state index in [-0.39, 0.29) is 0 Å². The number of nitrogens with zero attached hydrogens (tertiary/aromatic N) is 4. The summed E-state index contributed by atoms with van der Waals surface area (Å²) >= 11 is 1.60. The van der Waals surface area contributed by atoms with Crippen LogP contribution in [0.3, 0.4) is 0 Å². The molecule has 6 nitrogen and oxygen atoms in total. The van der Waals surface area contributed by atoms with Gasteiger partial charge in [0, 0.05) is 17.2 Å². The molecule has 35 heavy (non-hydrogen) atoms. The molecule has 0 radical (unpaired) electrons. The molecule has 0 fully saturated rings. The molecule has 0 saturated carbocycles. The van der Waals surface area contributed by atoms with E-state index in [9.17, 15) is 4.57 Å². The number of rotatable bonds is 6. The minimum Gasteiger partial charge on any atom is -0.338 e. The molecule has 0 bridgehead atoms. The van der Waals surface area contributed by atoms with Crippen LogP contribution in [-0.4, -0.2) is 32.8 Å². The average Bonchev–Trinajstić information content (AvgIpc) is 3.49. The molecule has 0 aliphatic carbocycles. The van der Waals surface area contributed by atoms with Crippen molar-refractivity contribution in [3.05, 3.63) is 83.0 Å². The molecule has 0 spiro atoms. The fourth-order valence-electron chi connectivity index (χ4n) is 3.91. The van der Waals surface area contributed by atoms with E-state index in [1.807, 2.05) is 52.5 Å². The van der Waals surface area contributed by atoms with Crippen molar-refractivity contribution < 1.29 is 4.57 Å².